The molecule has 0 saturated heterocycles. The Kier molecular flexibility index (Phi) is 9.69. The minimum absolute atomic E-state index is 0.0126. The van der Waals surface area contributed by atoms with E-state index in [0.29, 0.717) is 43.2 Å². The summed E-state index contributed by atoms with van der Waals surface area (Å²) in [4.78, 5) is 54.7. The molecule has 6 N–H and O–H groups in total. The number of nitrogens with two attached hydrogens (primary N) is 2. The molecule has 3 atom stereocenters. The number of aliphatic imine (C=N–C) groups is 1. The lowest BCUT2D eigenvalue weighted by Crippen LogP contribution is -2.45. The molecule has 220 valence electrons. The van der Waals surface area contributed by atoms with E-state index >= 15 is 0 Å². The second-order valence-corrected chi connectivity index (χ2v) is 11.2. The van der Waals surface area contributed by atoms with Gasteiger partial charge in [-0.25, -0.2) is 9.98 Å². The highest BCUT2D eigenvalue weighted by Gasteiger charge is 2.49. The van der Waals surface area contributed by atoms with Crippen molar-refractivity contribution >= 4 is 35.0 Å². The number of ether oxygens (including phenoxy) is 1. The second kappa shape index (κ2) is 13.2. The van der Waals surface area contributed by atoms with Gasteiger partial charge in [0, 0.05) is 36.0 Å². The molecular weight excluding hydrogens is 522 g/mol. The number of carbonyl (C=O) groups excluding carboxylic acids is 2. The maximum Gasteiger partial charge on any atom is 0.271 e. The fourth-order valence-corrected chi connectivity index (χ4v) is 5.63. The van der Waals surface area contributed by atoms with Crippen LogP contribution in [0.15, 0.2) is 33.7 Å². The molecule has 2 aromatic rings. The average molecular weight is 564 g/mol. The van der Waals surface area contributed by atoms with Crippen molar-refractivity contribution in [3.8, 4) is 5.88 Å². The molecule has 0 unspecified atom stereocenters. The first-order chi connectivity index (χ1) is 19.7. The summed E-state index contributed by atoms with van der Waals surface area (Å²) in [6, 6.07) is 3.22. The first-order valence-electron chi connectivity index (χ1n) is 14.4. The van der Waals surface area contributed by atoms with Gasteiger partial charge in [0.25, 0.3) is 5.56 Å². The number of nitrogens with one attached hydrogen (secondary N) is 2. The minimum atomic E-state index is -0.985. The monoisotopic (exact) mass is 563 g/mol. The summed E-state index contributed by atoms with van der Waals surface area (Å²) < 4.78 is 6.23. The van der Waals surface area contributed by atoms with Crippen molar-refractivity contribution in [2.45, 2.75) is 77.7 Å². The quantitative estimate of drug-likeness (QED) is 0.146. The summed E-state index contributed by atoms with van der Waals surface area (Å²) >= 11 is 0. The molecule has 1 spiro atoms. The topological polar surface area (TPSA) is 178 Å². The molecule has 2 fully saturated rings. The number of H-pyrrole nitrogens is 1. The molecule has 0 radical (unpaired) electrons. The molecular formula is C30H41N7O4. The number of aromatic nitrogens is 3. The summed E-state index contributed by atoms with van der Waals surface area (Å²) in [6.45, 7) is 5.02. The van der Waals surface area contributed by atoms with E-state index in [2.05, 4.69) is 32.2 Å². The van der Waals surface area contributed by atoms with Gasteiger partial charge in [-0.15, -0.1) is 0 Å². The van der Waals surface area contributed by atoms with Crippen molar-refractivity contribution < 1.29 is 14.3 Å². The zero-order valence-corrected chi connectivity index (χ0v) is 24.2. The van der Waals surface area contributed by atoms with E-state index in [1.54, 1.807) is 12.1 Å². The van der Waals surface area contributed by atoms with Crippen LogP contribution in [-0.2, 0) is 9.59 Å². The molecule has 2 heterocycles. The van der Waals surface area contributed by atoms with Crippen molar-refractivity contribution in [3.63, 3.8) is 0 Å². The third kappa shape index (κ3) is 6.73. The van der Waals surface area contributed by atoms with Gasteiger partial charge in [0.15, 0.2) is 17.4 Å². The molecule has 0 bridgehead atoms. The van der Waals surface area contributed by atoms with Crippen LogP contribution in [0.1, 0.15) is 83.0 Å². The summed E-state index contributed by atoms with van der Waals surface area (Å²) in [7, 11) is 1.93. The van der Waals surface area contributed by atoms with Crippen LogP contribution in [0.5, 0.6) is 5.88 Å². The van der Waals surface area contributed by atoms with E-state index in [-0.39, 0.29) is 52.5 Å². The standard InChI is InChI=1S/C30H41N7O4/c1-18(8-7-14-33-3)19(2)41-24-16-23(35-17-20-11-15-34-29(40)25(20)31)36-28(37-24)26(32)21-9-6-13-30(27(21)39)12-5-4-10-22(30)38/h11,15-19,33H,4-10,12-14,31-32H2,1-3H3,(H,34,40)/t18-,19-,30+/m0/s1. The van der Waals surface area contributed by atoms with Gasteiger partial charge in [-0.3, -0.25) is 14.4 Å². The highest BCUT2D eigenvalue weighted by atomic mass is 16.5. The van der Waals surface area contributed by atoms with Crippen molar-refractivity contribution in [1.29, 1.82) is 0 Å². The fraction of sp³-hybridized carbons (Fsp3) is 0.533. The van der Waals surface area contributed by atoms with Gasteiger partial charge in [0.05, 0.1) is 11.1 Å². The van der Waals surface area contributed by atoms with Gasteiger partial charge in [-0.2, -0.15) is 4.98 Å². The summed E-state index contributed by atoms with van der Waals surface area (Å²) in [5.41, 5.74) is 12.1. The Morgan fingerprint density at radius 1 is 1.20 bits per heavy atom. The van der Waals surface area contributed by atoms with Gasteiger partial charge in [0.1, 0.15) is 17.6 Å². The largest absolute Gasteiger partial charge is 0.474 e. The Morgan fingerprint density at radius 2 is 1.98 bits per heavy atom. The van der Waals surface area contributed by atoms with Gasteiger partial charge in [-0.05, 0) is 77.4 Å². The fourth-order valence-electron chi connectivity index (χ4n) is 5.63. The summed E-state index contributed by atoms with van der Waals surface area (Å²) in [6.07, 6.45) is 9.07. The van der Waals surface area contributed by atoms with E-state index in [9.17, 15) is 14.4 Å². The molecule has 11 heteroatoms. The maximum absolute atomic E-state index is 13.7. The van der Waals surface area contributed by atoms with Crippen LogP contribution in [0, 0.1) is 11.3 Å². The molecule has 0 amide bonds. The van der Waals surface area contributed by atoms with Crippen LogP contribution in [0.25, 0.3) is 5.70 Å². The number of allylic oxidation sites excluding steroid dienone is 1. The number of pyridine rings is 1. The lowest BCUT2D eigenvalue weighted by Gasteiger charge is -2.38. The Hall–Kier alpha value is -3.86. The SMILES string of the molecule is CNCCC[C@H](C)[C@H](C)Oc1cc(N=Cc2cc[nH]c(=O)c2N)nc(C(N)=C2CCC[C@@]3(CCCCC3=O)C2=O)n1. The lowest BCUT2D eigenvalue weighted by molar-refractivity contribution is -0.143. The molecule has 0 aromatic carbocycles. The Morgan fingerprint density at radius 3 is 2.73 bits per heavy atom. The van der Waals surface area contributed by atoms with E-state index in [4.69, 9.17) is 16.2 Å². The predicted octanol–water partition coefficient (Wildman–Crippen LogP) is 3.45. The molecule has 2 aromatic heterocycles. The number of anilines is 1. The normalized spacial score (nSPS) is 22.2. The number of hydrogen-bond acceptors (Lipinski definition) is 10. The number of carbonyl (C=O) groups is 2. The number of ketones is 2. The number of rotatable bonds is 10. The first kappa shape index (κ1) is 30.1. The smallest absolute Gasteiger partial charge is 0.271 e. The Balaban J connectivity index is 1.71. The number of Topliss-reactive ketones (excluding diaryl/α,β-unsaturated/α-hetero) is 2. The Bertz CT molecular complexity index is 1400. The second-order valence-electron chi connectivity index (χ2n) is 11.2. The highest BCUT2D eigenvalue weighted by molar-refractivity contribution is 6.17. The van der Waals surface area contributed by atoms with Crippen LogP contribution < -0.4 is 27.1 Å². The molecule has 11 nitrogen and oxygen atoms in total. The molecule has 41 heavy (non-hydrogen) atoms. The summed E-state index contributed by atoms with van der Waals surface area (Å²) in [5.74, 6) is 0.677. The van der Waals surface area contributed by atoms with E-state index in [0.717, 1.165) is 32.2 Å². The molecule has 2 aliphatic carbocycles. The number of aromatic amines is 1. The molecule has 0 aliphatic heterocycles. The van der Waals surface area contributed by atoms with E-state index in [1.807, 2.05) is 14.0 Å². The van der Waals surface area contributed by atoms with Crippen molar-refractivity contribution in [2.24, 2.45) is 22.1 Å². The third-order valence-corrected chi connectivity index (χ3v) is 8.35. The van der Waals surface area contributed by atoms with Crippen LogP contribution in [0.4, 0.5) is 11.5 Å². The third-order valence-electron chi connectivity index (χ3n) is 8.35. The molecule has 4 rings (SSSR count). The minimum Gasteiger partial charge on any atom is -0.474 e. The van der Waals surface area contributed by atoms with Crippen LogP contribution in [0.3, 0.4) is 0 Å². The van der Waals surface area contributed by atoms with Gasteiger partial charge in [-0.1, -0.05) is 13.3 Å². The van der Waals surface area contributed by atoms with Crippen molar-refractivity contribution in [3.05, 3.63) is 45.6 Å². The Labute approximate surface area is 240 Å². The van der Waals surface area contributed by atoms with Crippen LogP contribution in [-0.4, -0.2) is 52.4 Å². The maximum atomic E-state index is 13.7. The first-order valence-corrected chi connectivity index (χ1v) is 14.4. The molecule has 2 saturated carbocycles. The van der Waals surface area contributed by atoms with E-state index < -0.39 is 11.0 Å². The summed E-state index contributed by atoms with van der Waals surface area (Å²) in [5, 5.41) is 3.16. The van der Waals surface area contributed by atoms with Crippen LogP contribution >= 0.6 is 0 Å². The van der Waals surface area contributed by atoms with Gasteiger partial charge < -0.3 is 26.5 Å². The van der Waals surface area contributed by atoms with Crippen LogP contribution in [0.2, 0.25) is 0 Å². The highest BCUT2D eigenvalue weighted by Crippen LogP contribution is 2.45. The predicted molar refractivity (Wildman–Crippen MR) is 159 cm³/mol. The van der Waals surface area contributed by atoms with Gasteiger partial charge in [0.2, 0.25) is 5.88 Å². The number of nitrogen functional groups attached to an aromatic ring is 1. The number of nitrogens with zero attached hydrogens (tertiary/aromatic N) is 3. The zero-order valence-electron chi connectivity index (χ0n) is 24.2. The zero-order chi connectivity index (χ0) is 29.6. The van der Waals surface area contributed by atoms with E-state index in [1.165, 1.54) is 12.4 Å². The van der Waals surface area contributed by atoms with Crippen molar-refractivity contribution in [1.82, 2.24) is 20.3 Å². The van der Waals surface area contributed by atoms with Gasteiger partial charge >= 0.3 is 0 Å². The average Bonchev–Trinajstić information content (AvgIpc) is 2.96. The van der Waals surface area contributed by atoms with Crippen molar-refractivity contribution in [2.75, 3.05) is 19.3 Å². The lowest BCUT2D eigenvalue weighted by atomic mass is 9.62. The molecule has 2 aliphatic rings. The number of hydrogen-bond donors (Lipinski definition) is 4.